The van der Waals surface area contributed by atoms with Crippen molar-refractivity contribution in [3.8, 4) is 17.2 Å². The van der Waals surface area contributed by atoms with Crippen molar-refractivity contribution in [3.05, 3.63) is 124 Å². The highest BCUT2D eigenvalue weighted by molar-refractivity contribution is 7.98. The lowest BCUT2D eigenvalue weighted by Crippen LogP contribution is -2.14. The summed E-state index contributed by atoms with van der Waals surface area (Å²) in [7, 11) is 0. The number of ether oxygens (including phenoxy) is 3. The first kappa shape index (κ1) is 41.1. The minimum absolute atomic E-state index is 0.00620. The highest BCUT2D eigenvalue weighted by Gasteiger charge is 2.25. The highest BCUT2D eigenvalue weighted by atomic mass is 32.2. The van der Waals surface area contributed by atoms with E-state index in [0.29, 0.717) is 19.8 Å². The van der Waals surface area contributed by atoms with Gasteiger partial charge in [-0.15, -0.1) is 0 Å². The van der Waals surface area contributed by atoms with Gasteiger partial charge in [-0.25, -0.2) is 0 Å². The molecule has 0 saturated carbocycles. The molecular formula is C45H60O3S3. The predicted octanol–water partition coefficient (Wildman–Crippen LogP) is 12.9. The molecule has 6 heteroatoms. The van der Waals surface area contributed by atoms with Crippen LogP contribution in [0.3, 0.4) is 0 Å². The van der Waals surface area contributed by atoms with E-state index >= 15 is 0 Å². The monoisotopic (exact) mass is 744 g/mol. The van der Waals surface area contributed by atoms with Crippen LogP contribution in [0.5, 0.6) is 17.2 Å². The molecule has 4 rings (SSSR count). The Hall–Kier alpha value is -2.67. The van der Waals surface area contributed by atoms with Gasteiger partial charge in [0.2, 0.25) is 0 Å². The first-order chi connectivity index (χ1) is 24.1. The number of benzene rings is 3. The highest BCUT2D eigenvalue weighted by Crippen LogP contribution is 2.42. The van der Waals surface area contributed by atoms with Gasteiger partial charge in [-0.1, -0.05) is 137 Å². The summed E-state index contributed by atoms with van der Waals surface area (Å²) < 4.78 is 19.6. The quantitative estimate of drug-likeness (QED) is 0.203. The molecule has 51 heavy (non-hydrogen) atoms. The van der Waals surface area contributed by atoms with Crippen LogP contribution in [0.1, 0.15) is 112 Å². The predicted molar refractivity (Wildman–Crippen MR) is 227 cm³/mol. The van der Waals surface area contributed by atoms with Crippen LogP contribution >= 0.6 is 35.3 Å². The van der Waals surface area contributed by atoms with Gasteiger partial charge in [0.05, 0.1) is 0 Å². The van der Waals surface area contributed by atoms with Crippen molar-refractivity contribution in [3.63, 3.8) is 0 Å². The lowest BCUT2D eigenvalue weighted by Gasteiger charge is -2.26. The third-order valence-electron chi connectivity index (χ3n) is 8.91. The molecule has 1 heterocycles. The van der Waals surface area contributed by atoms with Gasteiger partial charge in [0.15, 0.2) is 0 Å². The van der Waals surface area contributed by atoms with Crippen molar-refractivity contribution in [1.82, 2.24) is 0 Å². The van der Waals surface area contributed by atoms with Gasteiger partial charge in [-0.2, -0.15) is 35.3 Å². The lowest BCUT2D eigenvalue weighted by molar-refractivity contribution is 0.356. The number of hydrogen-bond donors (Lipinski definition) is 0. The van der Waals surface area contributed by atoms with Crippen LogP contribution in [-0.4, -0.2) is 19.8 Å². The van der Waals surface area contributed by atoms with Gasteiger partial charge < -0.3 is 14.2 Å². The molecule has 1 aliphatic heterocycles. The zero-order valence-corrected chi connectivity index (χ0v) is 35.1. The molecule has 0 aliphatic carbocycles. The van der Waals surface area contributed by atoms with E-state index in [-0.39, 0.29) is 16.2 Å². The number of hydrogen-bond acceptors (Lipinski definition) is 6. The summed E-state index contributed by atoms with van der Waals surface area (Å²) in [6.45, 7) is 34.0. The molecule has 3 aromatic carbocycles. The molecule has 276 valence electrons. The molecule has 6 bridgehead atoms. The first-order valence-electron chi connectivity index (χ1n) is 18.0. The summed E-state index contributed by atoms with van der Waals surface area (Å²) in [6, 6.07) is 14.2. The van der Waals surface area contributed by atoms with Gasteiger partial charge in [0.1, 0.15) is 37.1 Å². The van der Waals surface area contributed by atoms with Gasteiger partial charge in [-0.3, -0.25) is 0 Å². The number of rotatable bonds is 9. The van der Waals surface area contributed by atoms with E-state index in [0.717, 1.165) is 51.8 Å². The minimum atomic E-state index is -0.00620. The van der Waals surface area contributed by atoms with Crippen molar-refractivity contribution in [1.29, 1.82) is 0 Å². The summed E-state index contributed by atoms with van der Waals surface area (Å²) in [5.74, 6) is 7.93. The average molecular weight is 745 g/mol. The van der Waals surface area contributed by atoms with Crippen molar-refractivity contribution < 1.29 is 14.2 Å². The third-order valence-corrected chi connectivity index (χ3v) is 12.0. The van der Waals surface area contributed by atoms with Crippen molar-refractivity contribution >= 4 is 35.3 Å². The average Bonchev–Trinajstić information content (AvgIpc) is 3.04. The van der Waals surface area contributed by atoms with E-state index < -0.39 is 0 Å². The van der Waals surface area contributed by atoms with Crippen molar-refractivity contribution in [2.24, 2.45) is 0 Å². The van der Waals surface area contributed by atoms with Gasteiger partial charge in [0, 0.05) is 67.9 Å². The third kappa shape index (κ3) is 11.2. The van der Waals surface area contributed by atoms with E-state index in [9.17, 15) is 0 Å². The van der Waals surface area contributed by atoms with Crippen molar-refractivity contribution in [2.75, 3.05) is 19.8 Å². The Labute approximate surface area is 322 Å². The van der Waals surface area contributed by atoms with Crippen LogP contribution in [0, 0.1) is 0 Å². The topological polar surface area (TPSA) is 27.7 Å². The SMILES string of the molecule is C=CCOc1c2cc(C(C)(C)C)cc1CSCc1cc(C(C)(C)C)cc(c1OCC=C)CSCc1cc(C(C)(C)C)cc(c1OCC=C)CSC2. The number of thioether (sulfide) groups is 3. The van der Waals surface area contributed by atoms with Gasteiger partial charge in [0.25, 0.3) is 0 Å². The second-order valence-corrected chi connectivity index (χ2v) is 19.4. The van der Waals surface area contributed by atoms with Gasteiger partial charge in [-0.05, 0) is 32.9 Å². The fourth-order valence-electron chi connectivity index (χ4n) is 6.00. The van der Waals surface area contributed by atoms with Crippen LogP contribution < -0.4 is 14.2 Å². The molecule has 0 unspecified atom stereocenters. The summed E-state index contributed by atoms with van der Waals surface area (Å²) in [5.41, 5.74) is 11.3. The summed E-state index contributed by atoms with van der Waals surface area (Å²) in [5, 5.41) is 0. The molecule has 3 nitrogen and oxygen atoms in total. The van der Waals surface area contributed by atoms with Crippen LogP contribution in [0.15, 0.2) is 74.4 Å². The molecule has 0 amide bonds. The van der Waals surface area contributed by atoms with Crippen molar-refractivity contribution in [2.45, 2.75) is 113 Å². The van der Waals surface area contributed by atoms with E-state index in [1.165, 1.54) is 50.1 Å². The Kier molecular flexibility index (Phi) is 14.4. The van der Waals surface area contributed by atoms with Crippen LogP contribution in [0.2, 0.25) is 0 Å². The Morgan fingerprint density at radius 1 is 0.431 bits per heavy atom. The van der Waals surface area contributed by atoms with E-state index in [2.05, 4.69) is 118 Å². The minimum Gasteiger partial charge on any atom is -0.489 e. The Bertz CT molecular complexity index is 1410. The van der Waals surface area contributed by atoms with E-state index in [1.54, 1.807) is 0 Å². The maximum absolute atomic E-state index is 6.52. The molecule has 0 atom stereocenters. The maximum Gasteiger partial charge on any atom is 0.127 e. The molecule has 1 aliphatic rings. The molecule has 0 N–H and O–H groups in total. The number of fused-ring (bicyclic) bond motifs is 6. The molecular weight excluding hydrogens is 685 g/mol. The second-order valence-electron chi connectivity index (χ2n) is 16.4. The lowest BCUT2D eigenvalue weighted by atomic mass is 9.85. The standard InChI is InChI=1S/C45H60O3S3/c1-13-16-46-40-31-19-37(43(4,5)6)20-32(40)26-50-28-34-22-39(45(10,11)12)24-36(42(34)48-18-15-3)30-51-29-35-23-38(44(7,8)9)21-33(27-49-25-31)41(35)47-17-14-2/h13-15,19-24H,1-3,16-18,25-30H2,4-12H3. The second kappa shape index (κ2) is 17.9. The summed E-state index contributed by atoms with van der Waals surface area (Å²) in [4.78, 5) is 0. The molecule has 0 fully saturated rings. The zero-order chi connectivity index (χ0) is 37.4. The van der Waals surface area contributed by atoms with Crippen LogP contribution in [0.4, 0.5) is 0 Å². The zero-order valence-electron chi connectivity index (χ0n) is 32.6. The Morgan fingerprint density at radius 2 is 0.627 bits per heavy atom. The van der Waals surface area contributed by atoms with Crippen LogP contribution in [0.25, 0.3) is 0 Å². The van der Waals surface area contributed by atoms with E-state index in [1.807, 2.05) is 53.5 Å². The molecule has 0 spiro atoms. The summed E-state index contributed by atoms with van der Waals surface area (Å²) >= 11 is 5.77. The molecule has 3 aromatic rings. The first-order valence-corrected chi connectivity index (χ1v) is 21.5. The largest absolute Gasteiger partial charge is 0.489 e. The fourth-order valence-corrected chi connectivity index (χ4v) is 8.91. The normalized spacial score (nSPS) is 14.5. The molecule has 0 aromatic heterocycles. The maximum atomic E-state index is 6.52. The molecule has 0 saturated heterocycles. The van der Waals surface area contributed by atoms with Gasteiger partial charge >= 0.3 is 0 Å². The smallest absolute Gasteiger partial charge is 0.127 e. The Morgan fingerprint density at radius 3 is 0.784 bits per heavy atom. The molecule has 0 radical (unpaired) electrons. The van der Waals surface area contributed by atoms with E-state index in [4.69, 9.17) is 14.2 Å². The fraction of sp³-hybridized carbons (Fsp3) is 0.467. The summed E-state index contributed by atoms with van der Waals surface area (Å²) in [6.07, 6.45) is 5.52. The Balaban J connectivity index is 1.96. The van der Waals surface area contributed by atoms with Crippen LogP contribution in [-0.2, 0) is 50.8 Å².